The first-order chi connectivity index (χ1) is 8.79. The molecule has 1 nitrogen and oxygen atoms in total. The van der Waals surface area contributed by atoms with Gasteiger partial charge in [-0.2, -0.15) is 0 Å². The van der Waals surface area contributed by atoms with E-state index in [1.807, 2.05) is 6.07 Å². The summed E-state index contributed by atoms with van der Waals surface area (Å²) in [5, 5.41) is 0. The van der Waals surface area contributed by atoms with Crippen molar-refractivity contribution in [3.63, 3.8) is 0 Å². The van der Waals surface area contributed by atoms with Gasteiger partial charge in [-0.3, -0.25) is 0 Å². The van der Waals surface area contributed by atoms with Gasteiger partial charge in [0, 0.05) is 6.04 Å². The summed E-state index contributed by atoms with van der Waals surface area (Å²) in [5.74, 6) is 0.819. The Morgan fingerprint density at radius 1 is 1.21 bits per heavy atom. The molecule has 2 rings (SSSR count). The van der Waals surface area contributed by atoms with Crippen LogP contribution in [0.5, 0.6) is 0 Å². The normalized spacial score (nSPS) is 28.4. The maximum absolute atomic E-state index is 13.5. The van der Waals surface area contributed by atoms with Crippen LogP contribution in [-0.4, -0.2) is 6.04 Å². The Bertz CT molecular complexity index is 447. The Morgan fingerprint density at radius 2 is 1.89 bits per heavy atom. The van der Waals surface area contributed by atoms with Crippen molar-refractivity contribution in [3.05, 3.63) is 35.1 Å². The fraction of sp³-hybridized carbons (Fsp3) is 0.647. The lowest BCUT2D eigenvalue weighted by molar-refractivity contribution is 0.153. The van der Waals surface area contributed by atoms with Crippen LogP contribution < -0.4 is 5.73 Å². The van der Waals surface area contributed by atoms with Gasteiger partial charge in [0.1, 0.15) is 5.82 Å². The van der Waals surface area contributed by atoms with Crippen LogP contribution in [0.1, 0.15) is 57.1 Å². The van der Waals surface area contributed by atoms with Crippen LogP contribution in [0.25, 0.3) is 0 Å². The Kier molecular flexibility index (Phi) is 4.00. The van der Waals surface area contributed by atoms with E-state index in [9.17, 15) is 4.39 Å². The largest absolute Gasteiger partial charge is 0.327 e. The number of nitrogens with two attached hydrogens (primary N) is 1. The minimum absolute atomic E-state index is 0.148. The molecular formula is C17H26FN. The average Bonchev–Trinajstić information content (AvgIpc) is 2.32. The molecule has 0 spiro atoms. The molecule has 1 fully saturated rings. The van der Waals surface area contributed by atoms with Crippen molar-refractivity contribution in [2.75, 3.05) is 0 Å². The van der Waals surface area contributed by atoms with Crippen LogP contribution in [0.4, 0.5) is 4.39 Å². The van der Waals surface area contributed by atoms with E-state index < -0.39 is 0 Å². The van der Waals surface area contributed by atoms with Crippen molar-refractivity contribution < 1.29 is 4.39 Å². The van der Waals surface area contributed by atoms with Gasteiger partial charge in [0.25, 0.3) is 0 Å². The summed E-state index contributed by atoms with van der Waals surface area (Å²) >= 11 is 0. The molecule has 1 aliphatic rings. The molecule has 3 unspecified atom stereocenters. The highest BCUT2D eigenvalue weighted by atomic mass is 19.1. The molecule has 0 aromatic heterocycles. The van der Waals surface area contributed by atoms with E-state index in [0.29, 0.717) is 17.3 Å². The summed E-state index contributed by atoms with van der Waals surface area (Å²) in [5.41, 5.74) is 8.89. The third-order valence-corrected chi connectivity index (χ3v) is 4.77. The SMILES string of the molecule is Cc1ccc(F)cc1C1CC(C(C)(C)C)CCC1N. The first-order valence-electron chi connectivity index (χ1n) is 7.30. The number of rotatable bonds is 1. The molecular weight excluding hydrogens is 237 g/mol. The molecule has 1 aliphatic carbocycles. The zero-order valence-electron chi connectivity index (χ0n) is 12.5. The summed E-state index contributed by atoms with van der Waals surface area (Å²) in [4.78, 5) is 0. The Balaban J connectivity index is 2.28. The Hall–Kier alpha value is -0.890. The number of halogens is 1. The van der Waals surface area contributed by atoms with Gasteiger partial charge < -0.3 is 5.73 Å². The van der Waals surface area contributed by atoms with Gasteiger partial charge in [0.05, 0.1) is 0 Å². The number of aryl methyl sites for hydroxylation is 1. The predicted molar refractivity (Wildman–Crippen MR) is 78.6 cm³/mol. The summed E-state index contributed by atoms with van der Waals surface area (Å²) in [6, 6.07) is 5.26. The van der Waals surface area contributed by atoms with E-state index in [-0.39, 0.29) is 11.9 Å². The van der Waals surface area contributed by atoms with Gasteiger partial charge in [0.15, 0.2) is 0 Å². The van der Waals surface area contributed by atoms with Gasteiger partial charge in [-0.15, -0.1) is 0 Å². The zero-order chi connectivity index (χ0) is 14.2. The first kappa shape index (κ1) is 14.5. The Morgan fingerprint density at radius 3 is 2.53 bits per heavy atom. The highest BCUT2D eigenvalue weighted by Crippen LogP contribution is 2.44. The summed E-state index contributed by atoms with van der Waals surface area (Å²) in [6.45, 7) is 8.94. The summed E-state index contributed by atoms with van der Waals surface area (Å²) in [7, 11) is 0. The minimum Gasteiger partial charge on any atom is -0.327 e. The topological polar surface area (TPSA) is 26.0 Å². The van der Waals surface area contributed by atoms with E-state index in [1.54, 1.807) is 6.07 Å². The number of hydrogen-bond donors (Lipinski definition) is 1. The molecule has 1 aromatic carbocycles. The second-order valence-electron chi connectivity index (χ2n) is 7.15. The van der Waals surface area contributed by atoms with Gasteiger partial charge in [0.2, 0.25) is 0 Å². The zero-order valence-corrected chi connectivity index (χ0v) is 12.5. The third kappa shape index (κ3) is 3.17. The lowest BCUT2D eigenvalue weighted by atomic mass is 9.66. The number of benzene rings is 1. The van der Waals surface area contributed by atoms with Crippen LogP contribution in [0.3, 0.4) is 0 Å². The monoisotopic (exact) mass is 263 g/mol. The molecule has 1 saturated carbocycles. The fourth-order valence-corrected chi connectivity index (χ4v) is 3.35. The predicted octanol–water partition coefficient (Wildman–Crippen LogP) is 4.39. The summed E-state index contributed by atoms with van der Waals surface area (Å²) in [6.07, 6.45) is 3.31. The van der Waals surface area contributed by atoms with E-state index >= 15 is 0 Å². The maximum Gasteiger partial charge on any atom is 0.123 e. The van der Waals surface area contributed by atoms with Gasteiger partial charge in [-0.05, 0) is 66.7 Å². The lowest BCUT2D eigenvalue weighted by Crippen LogP contribution is -2.38. The van der Waals surface area contributed by atoms with Crippen molar-refractivity contribution in [3.8, 4) is 0 Å². The van der Waals surface area contributed by atoms with Crippen LogP contribution in [-0.2, 0) is 0 Å². The van der Waals surface area contributed by atoms with Crippen molar-refractivity contribution >= 4 is 0 Å². The molecule has 0 saturated heterocycles. The van der Waals surface area contributed by atoms with Crippen molar-refractivity contribution in [1.82, 2.24) is 0 Å². The molecule has 1 aromatic rings. The molecule has 19 heavy (non-hydrogen) atoms. The molecule has 2 heteroatoms. The van der Waals surface area contributed by atoms with Gasteiger partial charge in [-0.25, -0.2) is 4.39 Å². The third-order valence-electron chi connectivity index (χ3n) is 4.77. The second-order valence-corrected chi connectivity index (χ2v) is 7.15. The quantitative estimate of drug-likeness (QED) is 0.799. The molecule has 3 atom stereocenters. The molecule has 106 valence electrons. The van der Waals surface area contributed by atoms with Crippen molar-refractivity contribution in [2.24, 2.45) is 17.1 Å². The first-order valence-corrected chi connectivity index (χ1v) is 7.30. The molecule has 0 amide bonds. The highest BCUT2D eigenvalue weighted by Gasteiger charge is 2.35. The van der Waals surface area contributed by atoms with Crippen molar-refractivity contribution in [1.29, 1.82) is 0 Å². The average molecular weight is 263 g/mol. The van der Waals surface area contributed by atoms with Gasteiger partial charge >= 0.3 is 0 Å². The van der Waals surface area contributed by atoms with E-state index in [0.717, 1.165) is 24.0 Å². The van der Waals surface area contributed by atoms with E-state index in [2.05, 4.69) is 27.7 Å². The smallest absolute Gasteiger partial charge is 0.123 e. The van der Waals surface area contributed by atoms with Crippen LogP contribution in [0, 0.1) is 24.1 Å². The lowest BCUT2D eigenvalue weighted by Gasteiger charge is -2.41. The van der Waals surface area contributed by atoms with E-state index in [4.69, 9.17) is 5.73 Å². The van der Waals surface area contributed by atoms with Crippen LogP contribution >= 0.6 is 0 Å². The molecule has 0 aliphatic heterocycles. The fourth-order valence-electron chi connectivity index (χ4n) is 3.35. The second kappa shape index (κ2) is 5.24. The number of hydrogen-bond acceptors (Lipinski definition) is 1. The summed E-state index contributed by atoms with van der Waals surface area (Å²) < 4.78 is 13.5. The minimum atomic E-state index is -0.148. The van der Waals surface area contributed by atoms with E-state index in [1.165, 1.54) is 12.5 Å². The molecule has 2 N–H and O–H groups in total. The molecule has 0 bridgehead atoms. The Labute approximate surface area is 116 Å². The van der Waals surface area contributed by atoms with Gasteiger partial charge in [-0.1, -0.05) is 26.8 Å². The standard InChI is InChI=1S/C17H26FN/c1-11-5-7-13(18)10-14(11)15-9-12(17(2,3)4)6-8-16(15)19/h5,7,10,12,15-16H,6,8-9,19H2,1-4H3. The van der Waals surface area contributed by atoms with Crippen LogP contribution in [0.2, 0.25) is 0 Å². The maximum atomic E-state index is 13.5. The molecule has 0 heterocycles. The molecule has 0 radical (unpaired) electrons. The van der Waals surface area contributed by atoms with Crippen molar-refractivity contribution in [2.45, 2.75) is 58.9 Å². The van der Waals surface area contributed by atoms with Crippen LogP contribution in [0.15, 0.2) is 18.2 Å². The highest BCUT2D eigenvalue weighted by molar-refractivity contribution is 5.31.